The van der Waals surface area contributed by atoms with Gasteiger partial charge in [-0.05, 0) is 25.5 Å². The van der Waals surface area contributed by atoms with Crippen LogP contribution < -0.4 is 4.90 Å². The van der Waals surface area contributed by atoms with Crippen LogP contribution in [0.5, 0.6) is 0 Å². The van der Waals surface area contributed by atoms with Gasteiger partial charge in [0.25, 0.3) is 0 Å². The molecule has 0 aliphatic carbocycles. The monoisotopic (exact) mass is 517 g/mol. The molecule has 1 aromatic carbocycles. The summed E-state index contributed by atoms with van der Waals surface area (Å²) in [4.78, 5) is 27.5. The number of morpholine rings is 2. The maximum absolute atomic E-state index is 5.65. The zero-order chi connectivity index (χ0) is 25.6. The summed E-state index contributed by atoms with van der Waals surface area (Å²) in [6, 6.07) is 8.75. The molecule has 11 heteroatoms. The lowest BCUT2D eigenvalue weighted by Crippen LogP contribution is -2.44. The molecule has 6 heterocycles. The first-order valence-electron chi connectivity index (χ1n) is 13.7. The van der Waals surface area contributed by atoms with Crippen molar-refractivity contribution in [2.45, 2.75) is 25.9 Å². The highest BCUT2D eigenvalue weighted by Crippen LogP contribution is 2.29. The first-order chi connectivity index (χ1) is 18.7. The van der Waals surface area contributed by atoms with Crippen LogP contribution in [0.4, 0.5) is 5.82 Å². The Morgan fingerprint density at radius 3 is 2.47 bits per heavy atom. The predicted octanol–water partition coefficient (Wildman–Crippen LogP) is 1.75. The number of para-hydroxylation sites is 2. The number of anilines is 1. The van der Waals surface area contributed by atoms with Crippen molar-refractivity contribution in [3.63, 3.8) is 0 Å². The maximum Gasteiger partial charge on any atom is 0.239 e. The number of nitrogens with zero attached hydrogens (tertiary/aromatic N) is 9. The van der Waals surface area contributed by atoms with Gasteiger partial charge in [0.05, 0.1) is 44.0 Å². The average molecular weight is 518 g/mol. The van der Waals surface area contributed by atoms with E-state index >= 15 is 0 Å². The molecule has 4 aromatic rings. The fraction of sp³-hybridized carbons (Fsp3) is 0.556. The first kappa shape index (κ1) is 24.0. The molecular weight excluding hydrogens is 482 g/mol. The number of hydrogen-bond donors (Lipinski definition) is 0. The Balaban J connectivity index is 1.26. The zero-order valence-electron chi connectivity index (χ0n) is 22.2. The van der Waals surface area contributed by atoms with Gasteiger partial charge in [-0.3, -0.25) is 14.4 Å². The summed E-state index contributed by atoms with van der Waals surface area (Å²) < 4.78 is 15.4. The number of aromatic nitrogens is 6. The van der Waals surface area contributed by atoms with Crippen LogP contribution >= 0.6 is 0 Å². The lowest BCUT2D eigenvalue weighted by atomic mass is 10.2. The summed E-state index contributed by atoms with van der Waals surface area (Å²) in [5.41, 5.74) is 3.66. The molecule has 0 saturated carbocycles. The maximum atomic E-state index is 5.65. The third-order valence-electron chi connectivity index (χ3n) is 8.19. The Morgan fingerprint density at radius 2 is 1.66 bits per heavy atom. The molecule has 200 valence electrons. The summed E-state index contributed by atoms with van der Waals surface area (Å²) in [5.74, 6) is 3.40. The smallest absolute Gasteiger partial charge is 0.239 e. The fourth-order valence-corrected chi connectivity index (χ4v) is 6.11. The van der Waals surface area contributed by atoms with Crippen molar-refractivity contribution in [1.29, 1.82) is 0 Å². The molecule has 11 nitrogen and oxygen atoms in total. The van der Waals surface area contributed by atoms with Crippen LogP contribution in [0.1, 0.15) is 18.1 Å². The fourth-order valence-electron chi connectivity index (χ4n) is 6.11. The van der Waals surface area contributed by atoms with Gasteiger partial charge in [-0.15, -0.1) is 0 Å². The van der Waals surface area contributed by atoms with Crippen molar-refractivity contribution >= 4 is 28.0 Å². The van der Waals surface area contributed by atoms with E-state index in [4.69, 9.17) is 29.4 Å². The molecule has 1 atom stereocenters. The molecule has 0 unspecified atom stereocenters. The molecule has 0 amide bonds. The number of likely N-dealkylation sites (tertiary alicyclic amines) is 1. The number of aryl methyl sites for hydroxylation is 2. The largest absolute Gasteiger partial charge is 0.379 e. The zero-order valence-corrected chi connectivity index (χ0v) is 22.2. The Bertz CT molecular complexity index is 1450. The lowest BCUT2D eigenvalue weighted by molar-refractivity contribution is 0.0183. The number of benzene rings is 1. The van der Waals surface area contributed by atoms with E-state index in [-0.39, 0.29) is 0 Å². The number of ether oxygens (including phenoxy) is 2. The minimum absolute atomic E-state index is 0.599. The Labute approximate surface area is 222 Å². The van der Waals surface area contributed by atoms with E-state index in [2.05, 4.69) is 36.9 Å². The van der Waals surface area contributed by atoms with Crippen LogP contribution in [0.25, 0.3) is 28.1 Å². The van der Waals surface area contributed by atoms with E-state index in [1.165, 1.54) is 6.42 Å². The van der Waals surface area contributed by atoms with Gasteiger partial charge in [0.15, 0.2) is 17.0 Å². The number of rotatable bonds is 5. The van der Waals surface area contributed by atoms with Crippen LogP contribution in [0, 0.1) is 6.92 Å². The van der Waals surface area contributed by atoms with Crippen molar-refractivity contribution in [2.75, 3.05) is 70.6 Å². The van der Waals surface area contributed by atoms with Crippen LogP contribution in [0.2, 0.25) is 0 Å². The second-order valence-corrected chi connectivity index (χ2v) is 10.5. The van der Waals surface area contributed by atoms with Gasteiger partial charge in [0.2, 0.25) is 5.95 Å². The first-order valence-corrected chi connectivity index (χ1v) is 13.7. The van der Waals surface area contributed by atoms with E-state index in [0.29, 0.717) is 25.2 Å². The van der Waals surface area contributed by atoms with Gasteiger partial charge in [0, 0.05) is 52.4 Å². The molecule has 0 bridgehead atoms. The summed E-state index contributed by atoms with van der Waals surface area (Å²) in [7, 11) is 2.08. The highest BCUT2D eigenvalue weighted by atomic mass is 16.5. The second kappa shape index (κ2) is 9.88. The van der Waals surface area contributed by atoms with E-state index in [1.807, 2.05) is 25.1 Å². The number of hydrogen-bond acceptors (Lipinski definition) is 9. The van der Waals surface area contributed by atoms with Crippen LogP contribution in [-0.2, 0) is 23.1 Å². The van der Waals surface area contributed by atoms with Crippen molar-refractivity contribution < 1.29 is 9.47 Å². The predicted molar refractivity (Wildman–Crippen MR) is 145 cm³/mol. The highest BCUT2D eigenvalue weighted by molar-refractivity contribution is 5.86. The molecular formula is C27H35N9O2. The van der Waals surface area contributed by atoms with E-state index in [1.54, 1.807) is 0 Å². The third kappa shape index (κ3) is 4.23. The van der Waals surface area contributed by atoms with Crippen molar-refractivity contribution in [1.82, 2.24) is 38.9 Å². The van der Waals surface area contributed by atoms with Gasteiger partial charge >= 0.3 is 0 Å². The van der Waals surface area contributed by atoms with Gasteiger partial charge in [-0.2, -0.15) is 9.97 Å². The van der Waals surface area contributed by atoms with Crippen molar-refractivity contribution in [3.8, 4) is 5.95 Å². The summed E-state index contributed by atoms with van der Waals surface area (Å²) in [5, 5.41) is 0. The van der Waals surface area contributed by atoms with Crippen molar-refractivity contribution in [3.05, 3.63) is 35.9 Å². The Kier molecular flexibility index (Phi) is 6.23. The minimum atomic E-state index is 0.599. The molecule has 38 heavy (non-hydrogen) atoms. The quantitative estimate of drug-likeness (QED) is 0.393. The highest BCUT2D eigenvalue weighted by Gasteiger charge is 2.30. The van der Waals surface area contributed by atoms with Gasteiger partial charge < -0.3 is 18.9 Å². The minimum Gasteiger partial charge on any atom is -0.379 e. The Morgan fingerprint density at radius 1 is 0.895 bits per heavy atom. The van der Waals surface area contributed by atoms with Gasteiger partial charge in [-0.1, -0.05) is 12.1 Å². The average Bonchev–Trinajstić information content (AvgIpc) is 3.65. The summed E-state index contributed by atoms with van der Waals surface area (Å²) in [6.45, 7) is 11.7. The van der Waals surface area contributed by atoms with Gasteiger partial charge in [-0.25, -0.2) is 9.97 Å². The molecule has 0 radical (unpaired) electrons. The topological polar surface area (TPSA) is 89.6 Å². The molecule has 3 aromatic heterocycles. The Hall–Kier alpha value is -3.12. The third-order valence-corrected chi connectivity index (χ3v) is 8.19. The standard InChI is InChI=1S/C27H35N9O2/c1-19-28-21-5-3-4-6-22(21)36(19)27-30-25-24(26(31-27)35-11-15-38-16-12-35)29-23(32(25)2)18-33-8-7-20(17-33)34-9-13-37-14-10-34/h3-6,20H,7-18H2,1-2H3/t20-/m1/s1. The van der Waals surface area contributed by atoms with Crippen LogP contribution in [-0.4, -0.2) is 111 Å². The summed E-state index contributed by atoms with van der Waals surface area (Å²) in [6.07, 6.45) is 1.19. The number of fused-ring (bicyclic) bond motifs is 2. The van der Waals surface area contributed by atoms with E-state index < -0.39 is 0 Å². The molecule has 0 spiro atoms. The molecule has 0 N–H and O–H groups in total. The lowest BCUT2D eigenvalue weighted by Gasteiger charge is -2.32. The number of imidazole rings is 2. The van der Waals surface area contributed by atoms with E-state index in [0.717, 1.165) is 98.7 Å². The summed E-state index contributed by atoms with van der Waals surface area (Å²) >= 11 is 0. The normalized spacial score (nSPS) is 21.7. The van der Waals surface area contributed by atoms with E-state index in [9.17, 15) is 0 Å². The molecule has 7 rings (SSSR count). The van der Waals surface area contributed by atoms with Crippen molar-refractivity contribution in [2.24, 2.45) is 7.05 Å². The van der Waals surface area contributed by atoms with Gasteiger partial charge in [0.1, 0.15) is 11.6 Å². The van der Waals surface area contributed by atoms with Crippen LogP contribution in [0.3, 0.4) is 0 Å². The molecule has 3 aliphatic rings. The molecule has 3 saturated heterocycles. The second-order valence-electron chi connectivity index (χ2n) is 10.5. The van der Waals surface area contributed by atoms with Crippen LogP contribution in [0.15, 0.2) is 24.3 Å². The molecule has 3 aliphatic heterocycles. The molecule has 3 fully saturated rings. The SMILES string of the molecule is Cc1nc2ccccc2n1-c1nc(N2CCOCC2)c2nc(CN3CC[C@@H](N4CCOCC4)C3)n(C)c2n1.